The summed E-state index contributed by atoms with van der Waals surface area (Å²) in [6.45, 7) is 8.61. The van der Waals surface area contributed by atoms with Crippen molar-refractivity contribution in [1.29, 1.82) is 0 Å². The Morgan fingerprint density at radius 1 is 1.26 bits per heavy atom. The van der Waals surface area contributed by atoms with Gasteiger partial charge in [0.15, 0.2) is 4.95 Å². The fraction of sp³-hybridized carbons (Fsp3) is 0.467. The molecule has 0 bridgehead atoms. The molecule has 0 aliphatic heterocycles. The molecular formula is C15H21BrN3+. The number of aryl methyl sites for hydroxylation is 3. The zero-order valence-corrected chi connectivity index (χ0v) is 13.6. The van der Waals surface area contributed by atoms with Gasteiger partial charge in [0.2, 0.25) is 6.33 Å². The van der Waals surface area contributed by atoms with Gasteiger partial charge in [0, 0.05) is 5.10 Å². The number of benzene rings is 1. The van der Waals surface area contributed by atoms with Crippen molar-refractivity contribution in [3.8, 4) is 5.69 Å². The van der Waals surface area contributed by atoms with Crippen molar-refractivity contribution in [1.82, 2.24) is 9.78 Å². The maximum absolute atomic E-state index is 4.45. The number of alkyl halides is 1. The van der Waals surface area contributed by atoms with E-state index < -0.39 is 0 Å². The summed E-state index contributed by atoms with van der Waals surface area (Å²) in [5, 5.41) is 4.45. The lowest BCUT2D eigenvalue weighted by molar-refractivity contribution is -0.597. The molecule has 1 heterocycles. The molecule has 0 saturated carbocycles. The molecule has 2 aromatic rings. The third-order valence-corrected chi connectivity index (χ3v) is 4.14. The summed E-state index contributed by atoms with van der Waals surface area (Å²) in [4.78, 5) is 0.268. The highest BCUT2D eigenvalue weighted by atomic mass is 79.9. The van der Waals surface area contributed by atoms with Crippen LogP contribution < -0.4 is 4.57 Å². The SMILES string of the molecule is CCCC(Br)n1c[n+](-c2c(C)cc(C)cc2C)cn1. The minimum absolute atomic E-state index is 0.268. The van der Waals surface area contributed by atoms with Crippen molar-refractivity contribution in [2.24, 2.45) is 0 Å². The third kappa shape index (κ3) is 3.06. The van der Waals surface area contributed by atoms with Crippen molar-refractivity contribution >= 4 is 15.9 Å². The minimum Gasteiger partial charge on any atom is -0.203 e. The molecule has 1 aromatic carbocycles. The van der Waals surface area contributed by atoms with E-state index in [1.165, 1.54) is 22.4 Å². The van der Waals surface area contributed by atoms with Gasteiger partial charge >= 0.3 is 0 Å². The van der Waals surface area contributed by atoms with E-state index in [1.54, 1.807) is 0 Å². The smallest absolute Gasteiger partial charge is 0.203 e. The average molecular weight is 323 g/mol. The van der Waals surface area contributed by atoms with Gasteiger partial charge in [-0.05, 0) is 54.2 Å². The largest absolute Gasteiger partial charge is 0.270 e. The highest BCUT2D eigenvalue weighted by molar-refractivity contribution is 9.09. The standard InChI is InChI=1S/C15H21BrN3/c1-5-6-14(16)19-10-18(9-17-19)15-12(3)7-11(2)8-13(15)4/h7-10,14H,5-6H2,1-4H3/q+1. The topological polar surface area (TPSA) is 21.7 Å². The second-order valence-electron chi connectivity index (χ2n) is 5.10. The Bertz CT molecular complexity index is 552. The summed E-state index contributed by atoms with van der Waals surface area (Å²) in [7, 11) is 0. The average Bonchev–Trinajstić information content (AvgIpc) is 2.77. The van der Waals surface area contributed by atoms with Gasteiger partial charge in [0.25, 0.3) is 6.33 Å². The fourth-order valence-corrected chi connectivity index (χ4v) is 3.18. The van der Waals surface area contributed by atoms with Gasteiger partial charge in [-0.1, -0.05) is 31.0 Å². The lowest BCUT2D eigenvalue weighted by Crippen LogP contribution is -2.30. The molecule has 0 spiro atoms. The molecule has 19 heavy (non-hydrogen) atoms. The van der Waals surface area contributed by atoms with Gasteiger partial charge in [0.05, 0.1) is 0 Å². The number of rotatable bonds is 4. The van der Waals surface area contributed by atoms with Crippen molar-refractivity contribution in [3.05, 3.63) is 41.5 Å². The Labute approximate surface area is 123 Å². The molecule has 102 valence electrons. The van der Waals surface area contributed by atoms with E-state index in [2.05, 4.69) is 71.8 Å². The molecule has 0 saturated heterocycles. The van der Waals surface area contributed by atoms with E-state index >= 15 is 0 Å². The molecule has 2 rings (SSSR count). The van der Waals surface area contributed by atoms with Crippen LogP contribution in [0.1, 0.15) is 41.4 Å². The van der Waals surface area contributed by atoms with E-state index in [1.807, 2.05) is 11.0 Å². The first-order valence-electron chi connectivity index (χ1n) is 6.70. The predicted molar refractivity (Wildman–Crippen MR) is 80.8 cm³/mol. The second-order valence-corrected chi connectivity index (χ2v) is 6.16. The quantitative estimate of drug-likeness (QED) is 0.620. The Balaban J connectivity index is 2.38. The molecular weight excluding hydrogens is 302 g/mol. The van der Waals surface area contributed by atoms with E-state index in [4.69, 9.17) is 0 Å². The van der Waals surface area contributed by atoms with Crippen LogP contribution in [-0.2, 0) is 0 Å². The molecule has 0 aliphatic rings. The van der Waals surface area contributed by atoms with Crippen LogP contribution in [0.4, 0.5) is 0 Å². The highest BCUT2D eigenvalue weighted by Crippen LogP contribution is 2.20. The maximum Gasteiger partial charge on any atom is 0.270 e. The summed E-state index contributed by atoms with van der Waals surface area (Å²) in [6, 6.07) is 4.43. The number of hydrogen-bond acceptors (Lipinski definition) is 1. The zero-order chi connectivity index (χ0) is 14.0. The van der Waals surface area contributed by atoms with Crippen molar-refractivity contribution in [2.75, 3.05) is 0 Å². The Kier molecular flexibility index (Phi) is 4.40. The Morgan fingerprint density at radius 3 is 2.47 bits per heavy atom. The van der Waals surface area contributed by atoms with Crippen LogP contribution >= 0.6 is 15.9 Å². The van der Waals surface area contributed by atoms with Gasteiger partial charge in [-0.25, -0.2) is 4.57 Å². The molecule has 1 aromatic heterocycles. The molecule has 4 heteroatoms. The monoisotopic (exact) mass is 322 g/mol. The van der Waals surface area contributed by atoms with Gasteiger partial charge in [-0.2, -0.15) is 0 Å². The lowest BCUT2D eigenvalue weighted by atomic mass is 10.1. The molecule has 0 amide bonds. The van der Waals surface area contributed by atoms with E-state index in [-0.39, 0.29) is 4.95 Å². The van der Waals surface area contributed by atoms with Gasteiger partial charge < -0.3 is 0 Å². The molecule has 3 nitrogen and oxygen atoms in total. The van der Waals surface area contributed by atoms with Gasteiger partial charge in [0.1, 0.15) is 5.69 Å². The number of nitrogens with zero attached hydrogens (tertiary/aromatic N) is 3. The predicted octanol–water partition coefficient (Wildman–Crippen LogP) is 3.78. The van der Waals surface area contributed by atoms with Gasteiger partial charge in [-0.15, -0.1) is 4.68 Å². The third-order valence-electron chi connectivity index (χ3n) is 3.26. The van der Waals surface area contributed by atoms with E-state index in [0.29, 0.717) is 0 Å². The molecule has 0 radical (unpaired) electrons. The van der Waals surface area contributed by atoms with Crippen molar-refractivity contribution in [2.45, 2.75) is 45.5 Å². The fourth-order valence-electron chi connectivity index (χ4n) is 2.51. The normalized spacial score (nSPS) is 12.7. The minimum atomic E-state index is 0.268. The Morgan fingerprint density at radius 2 is 1.89 bits per heavy atom. The van der Waals surface area contributed by atoms with Crippen LogP contribution in [0.25, 0.3) is 5.69 Å². The zero-order valence-electron chi connectivity index (χ0n) is 12.0. The lowest BCUT2D eigenvalue weighted by Gasteiger charge is -2.07. The van der Waals surface area contributed by atoms with Gasteiger partial charge in [-0.3, -0.25) is 0 Å². The van der Waals surface area contributed by atoms with Crippen molar-refractivity contribution in [3.63, 3.8) is 0 Å². The maximum atomic E-state index is 4.45. The van der Waals surface area contributed by atoms with Crippen LogP contribution in [0, 0.1) is 20.8 Å². The van der Waals surface area contributed by atoms with E-state index in [0.717, 1.165) is 12.8 Å². The van der Waals surface area contributed by atoms with Crippen LogP contribution in [-0.4, -0.2) is 9.78 Å². The molecule has 0 fully saturated rings. The van der Waals surface area contributed by atoms with Crippen molar-refractivity contribution < 1.29 is 4.57 Å². The molecule has 1 unspecified atom stereocenters. The molecule has 1 atom stereocenters. The first-order valence-corrected chi connectivity index (χ1v) is 7.62. The van der Waals surface area contributed by atoms with Crippen LogP contribution in [0.2, 0.25) is 0 Å². The summed E-state index contributed by atoms with van der Waals surface area (Å²) in [5.74, 6) is 0. The second kappa shape index (κ2) is 5.87. The summed E-state index contributed by atoms with van der Waals surface area (Å²) in [5.41, 5.74) is 5.09. The first-order chi connectivity index (χ1) is 9.02. The molecule has 0 aliphatic carbocycles. The number of aromatic nitrogens is 3. The Hall–Kier alpha value is -1.16. The molecule has 0 N–H and O–H groups in total. The number of hydrogen-bond donors (Lipinski definition) is 0. The van der Waals surface area contributed by atoms with Crippen LogP contribution in [0.3, 0.4) is 0 Å². The highest BCUT2D eigenvalue weighted by Gasteiger charge is 2.17. The van der Waals surface area contributed by atoms with Crippen LogP contribution in [0.5, 0.6) is 0 Å². The number of halogens is 1. The van der Waals surface area contributed by atoms with E-state index in [9.17, 15) is 0 Å². The summed E-state index contributed by atoms with van der Waals surface area (Å²) in [6.07, 6.45) is 6.15. The first kappa shape index (κ1) is 14.3. The summed E-state index contributed by atoms with van der Waals surface area (Å²) >= 11 is 3.67. The van der Waals surface area contributed by atoms with Crippen LogP contribution in [0.15, 0.2) is 24.8 Å². The summed E-state index contributed by atoms with van der Waals surface area (Å²) < 4.78 is 4.08.